The molecule has 0 saturated heterocycles. The van der Waals surface area contributed by atoms with E-state index in [1.54, 1.807) is 43.3 Å². The van der Waals surface area contributed by atoms with Crippen molar-refractivity contribution >= 4 is 23.3 Å². The van der Waals surface area contributed by atoms with Gasteiger partial charge >= 0.3 is 0 Å². The van der Waals surface area contributed by atoms with Crippen LogP contribution in [0.15, 0.2) is 59.9 Å². The molecule has 27 heavy (non-hydrogen) atoms. The highest BCUT2D eigenvalue weighted by Crippen LogP contribution is 2.38. The summed E-state index contributed by atoms with van der Waals surface area (Å²) < 4.78 is 13.1. The van der Waals surface area contributed by atoms with E-state index in [9.17, 15) is 19.1 Å². The fourth-order valence-electron chi connectivity index (χ4n) is 3.25. The minimum absolute atomic E-state index is 0.115. The first-order valence-corrected chi connectivity index (χ1v) is 9.07. The molecule has 1 amide bonds. The summed E-state index contributed by atoms with van der Waals surface area (Å²) in [5, 5.41) is 10.9. The lowest BCUT2D eigenvalue weighted by molar-refractivity contribution is -0.129. The van der Waals surface area contributed by atoms with Crippen LogP contribution in [0.25, 0.3) is 0 Å². The van der Waals surface area contributed by atoms with Crippen LogP contribution in [0.2, 0.25) is 5.02 Å². The summed E-state index contributed by atoms with van der Waals surface area (Å²) in [4.78, 5) is 26.5. The number of nitrogens with zero attached hydrogens (tertiary/aromatic N) is 1. The molecule has 2 aromatic rings. The van der Waals surface area contributed by atoms with Crippen LogP contribution in [-0.4, -0.2) is 28.2 Å². The van der Waals surface area contributed by atoms with E-state index in [4.69, 9.17) is 11.6 Å². The number of halogens is 2. The van der Waals surface area contributed by atoms with Gasteiger partial charge in [0.25, 0.3) is 5.91 Å². The number of carbonyl (C=O) groups is 2. The molecular formula is C21H19ClFNO3. The van der Waals surface area contributed by atoms with Gasteiger partial charge in [-0.05, 0) is 41.8 Å². The Hall–Kier alpha value is -2.66. The molecule has 1 N–H and O–H groups in total. The zero-order valence-electron chi connectivity index (χ0n) is 14.8. The molecule has 0 aromatic heterocycles. The normalized spacial score (nSPS) is 16.9. The SMILES string of the molecule is CCC(=O)C1=C(O)C(=O)N(CCc2ccc(F)cc2)C1c1ccc(Cl)cc1. The zero-order valence-corrected chi connectivity index (χ0v) is 15.5. The van der Waals surface area contributed by atoms with Crippen molar-refractivity contribution < 1.29 is 19.1 Å². The number of hydrogen-bond acceptors (Lipinski definition) is 3. The molecule has 0 fully saturated rings. The Kier molecular flexibility index (Phi) is 5.61. The molecule has 0 spiro atoms. The van der Waals surface area contributed by atoms with Gasteiger partial charge < -0.3 is 10.0 Å². The first-order chi connectivity index (χ1) is 12.9. The third-order valence-electron chi connectivity index (χ3n) is 4.67. The quantitative estimate of drug-likeness (QED) is 0.799. The highest BCUT2D eigenvalue weighted by molar-refractivity contribution is 6.30. The number of aliphatic hydroxyl groups is 1. The number of rotatable bonds is 6. The van der Waals surface area contributed by atoms with Gasteiger partial charge in [-0.25, -0.2) is 4.39 Å². The van der Waals surface area contributed by atoms with Crippen LogP contribution >= 0.6 is 11.6 Å². The standard InChI is InChI=1S/C21H19ClFNO3/c1-2-17(25)18-19(14-5-7-15(22)8-6-14)24(21(27)20(18)26)12-11-13-3-9-16(23)10-4-13/h3-10,19,26H,2,11-12H2,1H3. The zero-order chi connectivity index (χ0) is 19.6. The van der Waals surface area contributed by atoms with Crippen molar-refractivity contribution in [1.29, 1.82) is 0 Å². The Morgan fingerprint density at radius 3 is 2.37 bits per heavy atom. The number of hydrogen-bond donors (Lipinski definition) is 1. The molecule has 4 nitrogen and oxygen atoms in total. The van der Waals surface area contributed by atoms with E-state index in [2.05, 4.69) is 0 Å². The van der Waals surface area contributed by atoms with Gasteiger partial charge in [0.15, 0.2) is 11.5 Å². The summed E-state index contributed by atoms with van der Waals surface area (Å²) in [6.45, 7) is 1.97. The number of carbonyl (C=O) groups excluding carboxylic acids is 2. The van der Waals surface area contributed by atoms with E-state index in [0.717, 1.165) is 5.56 Å². The van der Waals surface area contributed by atoms with Gasteiger partial charge in [0.1, 0.15) is 5.82 Å². The van der Waals surface area contributed by atoms with Gasteiger partial charge in [-0.15, -0.1) is 0 Å². The lowest BCUT2D eigenvalue weighted by Crippen LogP contribution is -2.33. The summed E-state index contributed by atoms with van der Waals surface area (Å²) in [5.74, 6) is -1.68. The Morgan fingerprint density at radius 1 is 1.15 bits per heavy atom. The number of benzene rings is 2. The maximum atomic E-state index is 13.1. The fourth-order valence-corrected chi connectivity index (χ4v) is 3.38. The smallest absolute Gasteiger partial charge is 0.290 e. The van der Waals surface area contributed by atoms with Crippen LogP contribution in [0.1, 0.15) is 30.5 Å². The van der Waals surface area contributed by atoms with Gasteiger partial charge in [-0.1, -0.05) is 42.8 Å². The van der Waals surface area contributed by atoms with E-state index in [1.165, 1.54) is 17.0 Å². The molecule has 1 heterocycles. The summed E-state index contributed by atoms with van der Waals surface area (Å²) in [6.07, 6.45) is 0.652. The van der Waals surface area contributed by atoms with E-state index in [-0.39, 0.29) is 30.1 Å². The van der Waals surface area contributed by atoms with Gasteiger partial charge in [-0.2, -0.15) is 0 Å². The Bertz CT molecular complexity index is 891. The van der Waals surface area contributed by atoms with E-state index in [0.29, 0.717) is 17.0 Å². The van der Waals surface area contributed by atoms with E-state index < -0.39 is 17.7 Å². The van der Waals surface area contributed by atoms with Crippen molar-refractivity contribution in [2.45, 2.75) is 25.8 Å². The molecule has 0 bridgehead atoms. The van der Waals surface area contributed by atoms with E-state index >= 15 is 0 Å². The molecule has 1 atom stereocenters. The molecule has 1 aliphatic heterocycles. The third-order valence-corrected chi connectivity index (χ3v) is 4.92. The van der Waals surface area contributed by atoms with Crippen molar-refractivity contribution in [1.82, 2.24) is 4.90 Å². The molecule has 6 heteroatoms. The van der Waals surface area contributed by atoms with Crippen LogP contribution in [0.5, 0.6) is 0 Å². The van der Waals surface area contributed by atoms with Gasteiger partial charge in [-0.3, -0.25) is 9.59 Å². The second-order valence-corrected chi connectivity index (χ2v) is 6.80. The molecule has 0 aliphatic carbocycles. The third kappa shape index (κ3) is 3.88. The minimum atomic E-state index is -0.664. The molecule has 2 aromatic carbocycles. The monoisotopic (exact) mass is 387 g/mol. The predicted octanol–water partition coefficient (Wildman–Crippen LogP) is 4.40. The second-order valence-electron chi connectivity index (χ2n) is 6.37. The van der Waals surface area contributed by atoms with Crippen LogP contribution < -0.4 is 0 Å². The maximum absolute atomic E-state index is 13.1. The van der Waals surface area contributed by atoms with Gasteiger partial charge in [0.05, 0.1) is 11.6 Å². The van der Waals surface area contributed by atoms with Crippen molar-refractivity contribution in [2.75, 3.05) is 6.54 Å². The lowest BCUT2D eigenvalue weighted by atomic mass is 9.95. The summed E-state index contributed by atoms with van der Waals surface area (Å²) in [7, 11) is 0. The largest absolute Gasteiger partial charge is 0.503 e. The predicted molar refractivity (Wildman–Crippen MR) is 101 cm³/mol. The summed E-state index contributed by atoms with van der Waals surface area (Å²) in [5.41, 5.74) is 1.67. The molecule has 0 radical (unpaired) electrons. The number of ketones is 1. The highest BCUT2D eigenvalue weighted by Gasteiger charge is 2.42. The van der Waals surface area contributed by atoms with Crippen LogP contribution in [0.3, 0.4) is 0 Å². The van der Waals surface area contributed by atoms with Crippen LogP contribution in [-0.2, 0) is 16.0 Å². The Morgan fingerprint density at radius 2 is 1.78 bits per heavy atom. The average Bonchev–Trinajstić information content (AvgIpc) is 2.92. The highest BCUT2D eigenvalue weighted by atomic mass is 35.5. The first-order valence-electron chi connectivity index (χ1n) is 8.69. The molecule has 3 rings (SSSR count). The number of amides is 1. The fraction of sp³-hybridized carbons (Fsp3) is 0.238. The van der Waals surface area contributed by atoms with Crippen molar-refractivity contribution in [2.24, 2.45) is 0 Å². The first kappa shape index (κ1) is 19.1. The molecule has 0 saturated carbocycles. The number of Topliss-reactive ketones (excluding diaryl/α,β-unsaturated/α-hetero) is 1. The lowest BCUT2D eigenvalue weighted by Gasteiger charge is -2.27. The molecular weight excluding hydrogens is 369 g/mol. The van der Waals surface area contributed by atoms with Crippen molar-refractivity contribution in [3.8, 4) is 0 Å². The molecule has 1 aliphatic rings. The Balaban J connectivity index is 1.93. The molecule has 1 unspecified atom stereocenters. The minimum Gasteiger partial charge on any atom is -0.503 e. The molecule has 140 valence electrons. The maximum Gasteiger partial charge on any atom is 0.290 e. The van der Waals surface area contributed by atoms with Crippen molar-refractivity contribution in [3.05, 3.63) is 81.8 Å². The van der Waals surface area contributed by atoms with E-state index in [1.807, 2.05) is 0 Å². The van der Waals surface area contributed by atoms with Gasteiger partial charge in [0, 0.05) is 18.0 Å². The second kappa shape index (κ2) is 7.92. The topological polar surface area (TPSA) is 57.6 Å². The summed E-state index contributed by atoms with van der Waals surface area (Å²) >= 11 is 5.95. The number of aliphatic hydroxyl groups excluding tert-OH is 1. The Labute approximate surface area is 161 Å². The van der Waals surface area contributed by atoms with Crippen molar-refractivity contribution in [3.63, 3.8) is 0 Å². The summed E-state index contributed by atoms with van der Waals surface area (Å²) in [6, 6.07) is 12.2. The van der Waals surface area contributed by atoms with Crippen LogP contribution in [0.4, 0.5) is 4.39 Å². The average molecular weight is 388 g/mol. The van der Waals surface area contributed by atoms with Crippen LogP contribution in [0, 0.1) is 5.82 Å². The van der Waals surface area contributed by atoms with Gasteiger partial charge in [0.2, 0.25) is 0 Å².